The molecule has 400 valence electrons. The first-order valence-corrected chi connectivity index (χ1v) is 31.8. The van der Waals surface area contributed by atoms with Crippen molar-refractivity contribution in [1.82, 2.24) is 0 Å². The number of hydrogen-bond donors (Lipinski definition) is 0. The van der Waals surface area contributed by atoms with Gasteiger partial charge in [-0.25, -0.2) is 4.79 Å². The molecule has 10 atom stereocenters. The molecule has 2 aliphatic rings. The van der Waals surface area contributed by atoms with Crippen LogP contribution in [0.15, 0.2) is 152 Å². The molecule has 2 saturated heterocycles. The van der Waals surface area contributed by atoms with E-state index in [4.69, 9.17) is 51.5 Å². The first kappa shape index (κ1) is 57.3. The highest BCUT2D eigenvalue weighted by Gasteiger charge is 2.57. The zero-order chi connectivity index (χ0) is 52.9. The second kappa shape index (κ2) is 26.1. The van der Waals surface area contributed by atoms with Gasteiger partial charge < -0.3 is 51.5 Å². The summed E-state index contributed by atoms with van der Waals surface area (Å²) < 4.78 is 76.1. The van der Waals surface area contributed by atoms with E-state index in [1.807, 2.05) is 140 Å². The summed E-state index contributed by atoms with van der Waals surface area (Å²) in [6.45, 7) is 23.1. The average molecular weight is 1050 g/mol. The molecule has 0 N–H and O–H groups in total. The van der Waals surface area contributed by atoms with Crippen LogP contribution in [0, 0.1) is 0 Å². The minimum absolute atomic E-state index is 0.0991. The normalized spacial score (nSPS) is 24.9. The quantitative estimate of drug-likeness (QED) is 0.0458. The third-order valence-electron chi connectivity index (χ3n) is 14.8. The smallest absolute Gasteiger partial charge is 0.338 e. The van der Waals surface area contributed by atoms with E-state index >= 15 is 0 Å². The number of ether oxygens (including phenoxy) is 9. The van der Waals surface area contributed by atoms with Crippen LogP contribution in [0.1, 0.15) is 74.2 Å². The molecule has 0 unspecified atom stereocenters. The van der Waals surface area contributed by atoms with E-state index in [0.717, 1.165) is 22.3 Å². The van der Waals surface area contributed by atoms with Crippen molar-refractivity contribution in [3.63, 3.8) is 0 Å². The van der Waals surface area contributed by atoms with Crippen molar-refractivity contribution in [2.45, 2.75) is 166 Å². The summed E-state index contributed by atoms with van der Waals surface area (Å²) in [4.78, 5) is 14.5. The molecular formula is C60H80O12Si2. The van der Waals surface area contributed by atoms with Crippen molar-refractivity contribution >= 4 is 22.6 Å². The Kier molecular flexibility index (Phi) is 20.2. The Morgan fingerprint density at radius 2 is 0.838 bits per heavy atom. The number of carbonyl (C=O) groups is 1. The van der Waals surface area contributed by atoms with E-state index in [-0.39, 0.29) is 43.1 Å². The lowest BCUT2D eigenvalue weighted by Crippen LogP contribution is -2.67. The minimum Gasteiger partial charge on any atom is -0.450 e. The molecule has 5 aromatic carbocycles. The third-order valence-corrected chi connectivity index (χ3v) is 23.8. The highest BCUT2D eigenvalue weighted by atomic mass is 28.4. The lowest BCUT2D eigenvalue weighted by atomic mass is 9.97. The van der Waals surface area contributed by atoms with E-state index in [1.54, 1.807) is 19.2 Å². The monoisotopic (exact) mass is 1050 g/mol. The maximum Gasteiger partial charge on any atom is 0.338 e. The number of benzene rings is 5. The Morgan fingerprint density at radius 3 is 1.30 bits per heavy atom. The summed E-state index contributed by atoms with van der Waals surface area (Å²) in [5.74, 6) is -0.549. The van der Waals surface area contributed by atoms with Gasteiger partial charge in [0.25, 0.3) is 0 Å². The molecule has 0 aliphatic carbocycles. The van der Waals surface area contributed by atoms with Gasteiger partial charge in [-0.2, -0.15) is 0 Å². The molecule has 0 saturated carbocycles. The Labute approximate surface area is 442 Å². The highest BCUT2D eigenvalue weighted by Crippen LogP contribution is 2.44. The number of hydrogen-bond acceptors (Lipinski definition) is 12. The molecule has 0 spiro atoms. The second-order valence-electron chi connectivity index (χ2n) is 22.4. The number of rotatable bonds is 23. The van der Waals surface area contributed by atoms with Crippen molar-refractivity contribution in [2.24, 2.45) is 0 Å². The summed E-state index contributed by atoms with van der Waals surface area (Å²) in [7, 11) is -3.68. The third kappa shape index (κ3) is 15.4. The van der Waals surface area contributed by atoms with Gasteiger partial charge in [0.1, 0.15) is 42.7 Å². The van der Waals surface area contributed by atoms with Crippen LogP contribution in [0.5, 0.6) is 0 Å². The van der Waals surface area contributed by atoms with Crippen molar-refractivity contribution in [1.29, 1.82) is 0 Å². The summed E-state index contributed by atoms with van der Waals surface area (Å²) in [5.41, 5.74) is 4.31. The molecule has 14 heteroatoms. The maximum absolute atomic E-state index is 14.5. The van der Waals surface area contributed by atoms with Crippen LogP contribution in [0.4, 0.5) is 0 Å². The molecule has 5 aromatic rings. The highest BCUT2D eigenvalue weighted by molar-refractivity contribution is 6.74. The molecule has 0 aromatic heterocycles. The van der Waals surface area contributed by atoms with Gasteiger partial charge in [0.2, 0.25) is 0 Å². The van der Waals surface area contributed by atoms with Gasteiger partial charge in [0.15, 0.2) is 35.3 Å². The Morgan fingerprint density at radius 1 is 0.446 bits per heavy atom. The molecule has 74 heavy (non-hydrogen) atoms. The predicted molar refractivity (Wildman–Crippen MR) is 291 cm³/mol. The summed E-state index contributed by atoms with van der Waals surface area (Å²) >= 11 is 0. The van der Waals surface area contributed by atoms with Crippen LogP contribution in [0.2, 0.25) is 36.3 Å². The fraction of sp³-hybridized carbons (Fsp3) is 0.483. The van der Waals surface area contributed by atoms with Crippen LogP contribution in [0.25, 0.3) is 0 Å². The summed E-state index contributed by atoms with van der Waals surface area (Å²) in [6, 6.07) is 48.9. The van der Waals surface area contributed by atoms with Gasteiger partial charge in [-0.1, -0.05) is 181 Å². The molecule has 0 radical (unpaired) electrons. The molecule has 2 heterocycles. The molecule has 2 fully saturated rings. The average Bonchev–Trinajstić information content (AvgIpc) is 3.38. The molecule has 0 bridgehead atoms. The van der Waals surface area contributed by atoms with Crippen LogP contribution in [-0.2, 0) is 77.9 Å². The first-order valence-electron chi connectivity index (χ1n) is 26.0. The molecular weight excluding hydrogens is 969 g/mol. The van der Waals surface area contributed by atoms with Crippen molar-refractivity contribution < 1.29 is 56.3 Å². The lowest BCUT2D eigenvalue weighted by Gasteiger charge is -2.52. The standard InChI is InChI=1S/C60H80O12Si2/c1-59(2,3)73(8,9)71-51-48(41-63-37-43-27-17-12-18-28-43)69-58(55(53(51)72-74(10,11)60(4,5)6)70-56(61)47-35-25-16-26-36-47)67-42-49-50(64-38-44-29-19-13-20-30-44)52(65-39-45-31-21-14-22-32-45)54(57(62-7)68-49)66-40-46-33-23-15-24-34-46/h12-36,48-55,57-58H,37-42H2,1-11H3/t48-,49-,50-,51-,52+,53+,54-,55-,57+,58-/m1/s1. The number of esters is 1. The molecule has 2 aliphatic heterocycles. The maximum atomic E-state index is 14.5. The largest absolute Gasteiger partial charge is 0.450 e. The second-order valence-corrected chi connectivity index (χ2v) is 31.9. The minimum atomic E-state index is -2.68. The van der Waals surface area contributed by atoms with Crippen LogP contribution in [-0.4, -0.2) is 104 Å². The fourth-order valence-electron chi connectivity index (χ4n) is 8.47. The fourth-order valence-corrected chi connectivity index (χ4v) is 11.1. The van der Waals surface area contributed by atoms with E-state index in [2.05, 4.69) is 67.7 Å². The van der Waals surface area contributed by atoms with E-state index in [1.165, 1.54) is 0 Å². The van der Waals surface area contributed by atoms with Crippen molar-refractivity contribution in [2.75, 3.05) is 20.3 Å². The van der Waals surface area contributed by atoms with Crippen molar-refractivity contribution in [3.05, 3.63) is 179 Å². The Balaban J connectivity index is 1.29. The van der Waals surface area contributed by atoms with Gasteiger partial charge in [-0.3, -0.25) is 0 Å². The van der Waals surface area contributed by atoms with Gasteiger partial charge >= 0.3 is 5.97 Å². The van der Waals surface area contributed by atoms with Crippen LogP contribution < -0.4 is 0 Å². The molecule has 7 rings (SSSR count). The van der Waals surface area contributed by atoms with E-state index < -0.39 is 84.0 Å². The summed E-state index contributed by atoms with van der Waals surface area (Å²) in [5, 5.41) is -0.431. The number of methoxy groups -OCH3 is 1. The summed E-state index contributed by atoms with van der Waals surface area (Å²) in [6.07, 6.45) is -8.53. The lowest BCUT2D eigenvalue weighted by molar-refractivity contribution is -0.340. The Hall–Kier alpha value is -4.40. The van der Waals surface area contributed by atoms with Gasteiger partial charge in [0, 0.05) is 7.11 Å². The topological polar surface area (TPSA) is 119 Å². The van der Waals surface area contributed by atoms with Gasteiger partial charge in [-0.15, -0.1) is 0 Å². The SMILES string of the molecule is CO[C@H]1O[C@H](CO[C@@H]2O[C@H](COCc3ccccc3)[C@@H](O[Si](C)(C)C(C)(C)C)[C@H](O[Si](C)(C)C(C)(C)C)[C@H]2OC(=O)c2ccccc2)[C@@H](OCc2ccccc2)[C@H](OCc2ccccc2)[C@H]1OCc1ccccc1. The van der Waals surface area contributed by atoms with Crippen LogP contribution >= 0.6 is 0 Å². The number of carbonyl (C=O) groups excluding carboxylic acids is 1. The zero-order valence-corrected chi connectivity index (χ0v) is 47.3. The Bertz CT molecular complexity index is 2420. The van der Waals surface area contributed by atoms with Gasteiger partial charge in [-0.05, 0) is 70.7 Å². The first-order chi connectivity index (χ1) is 35.3. The van der Waals surface area contributed by atoms with Crippen molar-refractivity contribution in [3.8, 4) is 0 Å². The van der Waals surface area contributed by atoms with Crippen LogP contribution in [0.3, 0.4) is 0 Å². The van der Waals surface area contributed by atoms with E-state index in [9.17, 15) is 4.79 Å². The van der Waals surface area contributed by atoms with E-state index in [0.29, 0.717) is 12.2 Å². The molecule has 0 amide bonds. The predicted octanol–water partition coefficient (Wildman–Crippen LogP) is 12.1. The van der Waals surface area contributed by atoms with Gasteiger partial charge in [0.05, 0.1) is 45.2 Å². The molecule has 12 nitrogen and oxygen atoms in total. The zero-order valence-electron chi connectivity index (χ0n) is 45.3.